The van der Waals surface area contributed by atoms with Gasteiger partial charge in [0, 0.05) is 29.5 Å². The zero-order chi connectivity index (χ0) is 10.5. The molecule has 0 amide bonds. The zero-order valence-corrected chi connectivity index (χ0v) is 9.63. The molecular formula is C9H11ClN4S. The zero-order valence-electron chi connectivity index (χ0n) is 8.06. The number of rotatable bonds is 5. The predicted molar refractivity (Wildman–Crippen MR) is 61.1 cm³/mol. The van der Waals surface area contributed by atoms with Crippen molar-refractivity contribution in [3.8, 4) is 0 Å². The summed E-state index contributed by atoms with van der Waals surface area (Å²) in [4.78, 5) is 1.25. The van der Waals surface area contributed by atoms with E-state index in [1.807, 2.05) is 17.6 Å². The van der Waals surface area contributed by atoms with E-state index in [0.29, 0.717) is 0 Å². The van der Waals surface area contributed by atoms with Crippen LogP contribution >= 0.6 is 22.9 Å². The summed E-state index contributed by atoms with van der Waals surface area (Å²) in [5.41, 5.74) is 0. The van der Waals surface area contributed by atoms with Crippen molar-refractivity contribution < 1.29 is 0 Å². The van der Waals surface area contributed by atoms with Gasteiger partial charge in [-0.2, -0.15) is 0 Å². The summed E-state index contributed by atoms with van der Waals surface area (Å²) in [6.45, 7) is 2.56. The van der Waals surface area contributed by atoms with Gasteiger partial charge in [-0.3, -0.25) is 4.68 Å². The first-order valence-electron chi connectivity index (χ1n) is 4.62. The Balaban J connectivity index is 1.67. The average molecular weight is 243 g/mol. The fourth-order valence-corrected chi connectivity index (χ4v) is 2.25. The first kappa shape index (κ1) is 10.6. The molecule has 0 aromatic carbocycles. The van der Waals surface area contributed by atoms with Crippen LogP contribution in [-0.2, 0) is 13.1 Å². The Labute approximate surface area is 96.9 Å². The van der Waals surface area contributed by atoms with Crippen LogP contribution in [-0.4, -0.2) is 21.5 Å². The van der Waals surface area contributed by atoms with Gasteiger partial charge in [0.1, 0.15) is 0 Å². The third-order valence-electron chi connectivity index (χ3n) is 1.91. The highest BCUT2D eigenvalue weighted by Crippen LogP contribution is 2.18. The van der Waals surface area contributed by atoms with E-state index >= 15 is 0 Å². The molecule has 0 fully saturated rings. The molecule has 2 rings (SSSR count). The minimum Gasteiger partial charge on any atom is -0.310 e. The lowest BCUT2D eigenvalue weighted by Gasteiger charge is -2.02. The Morgan fingerprint density at radius 3 is 3.13 bits per heavy atom. The van der Waals surface area contributed by atoms with Gasteiger partial charge in [0.05, 0.1) is 17.8 Å². The molecule has 2 heterocycles. The molecule has 0 bridgehead atoms. The van der Waals surface area contributed by atoms with Gasteiger partial charge >= 0.3 is 0 Å². The number of halogens is 1. The first-order valence-corrected chi connectivity index (χ1v) is 5.88. The Hall–Kier alpha value is -0.910. The number of hydrogen-bond donors (Lipinski definition) is 1. The summed E-state index contributed by atoms with van der Waals surface area (Å²) in [5.74, 6) is 0. The predicted octanol–water partition coefficient (Wildman–Crippen LogP) is 1.78. The van der Waals surface area contributed by atoms with E-state index in [2.05, 4.69) is 15.6 Å². The summed E-state index contributed by atoms with van der Waals surface area (Å²) in [5, 5.41) is 13.7. The molecule has 0 saturated carbocycles. The quantitative estimate of drug-likeness (QED) is 0.813. The Morgan fingerprint density at radius 2 is 2.47 bits per heavy atom. The number of nitrogens with zero attached hydrogens (tertiary/aromatic N) is 3. The van der Waals surface area contributed by atoms with Crippen molar-refractivity contribution in [2.75, 3.05) is 6.54 Å². The van der Waals surface area contributed by atoms with Gasteiger partial charge in [-0.15, -0.1) is 16.4 Å². The fraction of sp³-hybridized carbons (Fsp3) is 0.333. The Bertz CT molecular complexity index is 398. The lowest BCUT2D eigenvalue weighted by atomic mass is 10.4. The number of thiophene rings is 1. The van der Waals surface area contributed by atoms with Crippen LogP contribution in [0.1, 0.15) is 4.88 Å². The van der Waals surface area contributed by atoms with E-state index in [9.17, 15) is 0 Å². The summed E-state index contributed by atoms with van der Waals surface area (Å²) in [7, 11) is 0. The lowest BCUT2D eigenvalue weighted by Crippen LogP contribution is -2.19. The van der Waals surface area contributed by atoms with E-state index in [0.717, 1.165) is 24.7 Å². The Morgan fingerprint density at radius 1 is 1.53 bits per heavy atom. The lowest BCUT2D eigenvalue weighted by molar-refractivity contribution is 0.542. The second-order valence-electron chi connectivity index (χ2n) is 3.07. The van der Waals surface area contributed by atoms with E-state index in [1.54, 1.807) is 22.2 Å². The fourth-order valence-electron chi connectivity index (χ4n) is 1.20. The van der Waals surface area contributed by atoms with Gasteiger partial charge in [-0.05, 0) is 6.07 Å². The molecule has 0 radical (unpaired) electrons. The molecule has 0 aliphatic rings. The Kier molecular flexibility index (Phi) is 3.71. The highest BCUT2D eigenvalue weighted by atomic mass is 35.5. The molecule has 6 heteroatoms. The first-order chi connectivity index (χ1) is 7.34. The molecule has 0 atom stereocenters. The van der Waals surface area contributed by atoms with Crippen molar-refractivity contribution in [2.24, 2.45) is 0 Å². The average Bonchev–Trinajstić information content (AvgIpc) is 2.84. The van der Waals surface area contributed by atoms with Crippen molar-refractivity contribution in [3.05, 3.63) is 33.7 Å². The maximum Gasteiger partial charge on any atom is 0.0692 e. The van der Waals surface area contributed by atoms with Crippen LogP contribution in [0.5, 0.6) is 0 Å². The monoisotopic (exact) mass is 242 g/mol. The van der Waals surface area contributed by atoms with Crippen LogP contribution in [0.25, 0.3) is 0 Å². The highest BCUT2D eigenvalue weighted by Gasteiger charge is 1.97. The summed E-state index contributed by atoms with van der Waals surface area (Å²) in [6.07, 6.45) is 3.53. The maximum absolute atomic E-state index is 5.81. The van der Waals surface area contributed by atoms with E-state index in [4.69, 9.17) is 11.6 Å². The van der Waals surface area contributed by atoms with Crippen molar-refractivity contribution in [1.29, 1.82) is 0 Å². The van der Waals surface area contributed by atoms with Gasteiger partial charge in [0.2, 0.25) is 0 Å². The smallest absolute Gasteiger partial charge is 0.0692 e. The summed E-state index contributed by atoms with van der Waals surface area (Å²) < 4.78 is 1.80. The molecule has 4 nitrogen and oxygen atoms in total. The summed E-state index contributed by atoms with van der Waals surface area (Å²) >= 11 is 7.48. The number of aromatic nitrogens is 3. The van der Waals surface area contributed by atoms with Crippen LogP contribution in [0.15, 0.2) is 23.8 Å². The maximum atomic E-state index is 5.81. The molecule has 0 saturated heterocycles. The van der Waals surface area contributed by atoms with Crippen molar-refractivity contribution in [2.45, 2.75) is 13.1 Å². The molecule has 0 spiro atoms. The normalized spacial score (nSPS) is 10.7. The van der Waals surface area contributed by atoms with Crippen LogP contribution in [0, 0.1) is 0 Å². The molecule has 2 aromatic heterocycles. The van der Waals surface area contributed by atoms with Crippen LogP contribution < -0.4 is 5.32 Å². The van der Waals surface area contributed by atoms with Gasteiger partial charge in [0.15, 0.2) is 0 Å². The standard InChI is InChI=1S/C9H11ClN4S/c10-8-5-9(15-7-8)6-11-1-3-14-4-2-12-13-14/h2,4-5,7,11H,1,3,6H2. The van der Waals surface area contributed by atoms with E-state index < -0.39 is 0 Å². The van der Waals surface area contributed by atoms with Crippen LogP contribution in [0.3, 0.4) is 0 Å². The molecule has 2 aromatic rings. The third-order valence-corrected chi connectivity index (χ3v) is 3.19. The van der Waals surface area contributed by atoms with E-state index in [1.165, 1.54) is 4.88 Å². The van der Waals surface area contributed by atoms with Crippen LogP contribution in [0.2, 0.25) is 5.02 Å². The number of nitrogens with one attached hydrogen (secondary N) is 1. The van der Waals surface area contributed by atoms with Gasteiger partial charge in [-0.25, -0.2) is 0 Å². The van der Waals surface area contributed by atoms with Gasteiger partial charge < -0.3 is 5.32 Å². The van der Waals surface area contributed by atoms with Crippen molar-refractivity contribution >= 4 is 22.9 Å². The molecule has 0 aliphatic carbocycles. The van der Waals surface area contributed by atoms with Crippen molar-refractivity contribution in [1.82, 2.24) is 20.3 Å². The van der Waals surface area contributed by atoms with Gasteiger partial charge in [0.25, 0.3) is 0 Å². The molecular weight excluding hydrogens is 232 g/mol. The van der Waals surface area contributed by atoms with Gasteiger partial charge in [-0.1, -0.05) is 16.8 Å². The molecule has 0 aliphatic heterocycles. The SMILES string of the molecule is Clc1csc(CNCCn2ccnn2)c1. The minimum absolute atomic E-state index is 0.813. The largest absolute Gasteiger partial charge is 0.310 e. The molecule has 15 heavy (non-hydrogen) atoms. The molecule has 1 N–H and O–H groups in total. The van der Waals surface area contributed by atoms with Crippen LogP contribution in [0.4, 0.5) is 0 Å². The second kappa shape index (κ2) is 5.25. The van der Waals surface area contributed by atoms with Crippen molar-refractivity contribution in [3.63, 3.8) is 0 Å². The molecule has 0 unspecified atom stereocenters. The number of hydrogen-bond acceptors (Lipinski definition) is 4. The van der Waals surface area contributed by atoms with E-state index in [-0.39, 0.29) is 0 Å². The molecule has 80 valence electrons. The minimum atomic E-state index is 0.813. The third kappa shape index (κ3) is 3.30. The topological polar surface area (TPSA) is 42.7 Å². The summed E-state index contributed by atoms with van der Waals surface area (Å²) in [6, 6.07) is 1.98. The second-order valence-corrected chi connectivity index (χ2v) is 4.51. The highest BCUT2D eigenvalue weighted by molar-refractivity contribution is 7.10.